The lowest BCUT2D eigenvalue weighted by Crippen LogP contribution is -2.06. The van der Waals surface area contributed by atoms with E-state index in [-0.39, 0.29) is 4.47 Å². The molecule has 0 radical (unpaired) electrons. The van der Waals surface area contributed by atoms with Crippen LogP contribution in [0.5, 0.6) is 0 Å². The first-order valence-electron chi connectivity index (χ1n) is 3.80. The molecule has 0 unspecified atom stereocenters. The Balaban J connectivity index is 3.14. The van der Waals surface area contributed by atoms with Crippen LogP contribution in [0.2, 0.25) is 0 Å². The van der Waals surface area contributed by atoms with Gasteiger partial charge in [0.1, 0.15) is 0 Å². The number of thioether (sulfide) groups is 1. The van der Waals surface area contributed by atoms with Crippen molar-refractivity contribution in [3.63, 3.8) is 0 Å². The van der Waals surface area contributed by atoms with Crippen molar-refractivity contribution >= 4 is 27.7 Å². The summed E-state index contributed by atoms with van der Waals surface area (Å²) in [5.41, 5.74) is 0.0661. The Labute approximate surface area is 93.0 Å². The zero-order chi connectivity index (χ0) is 10.8. The van der Waals surface area contributed by atoms with Gasteiger partial charge >= 0.3 is 6.18 Å². The first-order chi connectivity index (χ1) is 6.46. The smallest absolute Gasteiger partial charge is 0.166 e. The zero-order valence-corrected chi connectivity index (χ0v) is 9.76. The van der Waals surface area contributed by atoms with Crippen LogP contribution < -0.4 is 0 Å². The number of alkyl halides is 3. The minimum absolute atomic E-state index is 0.154. The number of hydrogen-bond acceptors (Lipinski definition) is 1. The molecule has 0 N–H and O–H groups in total. The Hall–Kier alpha value is -0.160. The van der Waals surface area contributed by atoms with Gasteiger partial charge in [-0.05, 0) is 33.8 Å². The molecule has 0 amide bonds. The number of rotatable bonds is 2. The highest BCUT2D eigenvalue weighted by atomic mass is 79.9. The van der Waals surface area contributed by atoms with Crippen LogP contribution in [0.3, 0.4) is 0 Å². The SMILES string of the molecule is CSCc1cccc(C(F)(F)F)c1Br. The Morgan fingerprint density at radius 3 is 2.50 bits per heavy atom. The quantitative estimate of drug-likeness (QED) is 0.779. The number of benzene rings is 1. The highest BCUT2D eigenvalue weighted by Gasteiger charge is 2.33. The van der Waals surface area contributed by atoms with Crippen molar-refractivity contribution in [3.05, 3.63) is 33.8 Å². The van der Waals surface area contributed by atoms with E-state index < -0.39 is 11.7 Å². The molecule has 78 valence electrons. The molecule has 0 aliphatic heterocycles. The van der Waals surface area contributed by atoms with Crippen molar-refractivity contribution in [1.29, 1.82) is 0 Å². The lowest BCUT2D eigenvalue weighted by molar-refractivity contribution is -0.138. The van der Waals surface area contributed by atoms with Crippen molar-refractivity contribution < 1.29 is 13.2 Å². The van der Waals surface area contributed by atoms with Crippen LogP contribution in [0.25, 0.3) is 0 Å². The van der Waals surface area contributed by atoms with Crippen LogP contribution in [0.4, 0.5) is 13.2 Å². The Morgan fingerprint density at radius 1 is 1.36 bits per heavy atom. The summed E-state index contributed by atoms with van der Waals surface area (Å²) >= 11 is 4.48. The molecule has 0 heterocycles. The van der Waals surface area contributed by atoms with Gasteiger partial charge in [0.15, 0.2) is 0 Å². The van der Waals surface area contributed by atoms with E-state index in [1.807, 2.05) is 6.26 Å². The van der Waals surface area contributed by atoms with Crippen LogP contribution in [0, 0.1) is 0 Å². The van der Waals surface area contributed by atoms with Crippen molar-refractivity contribution in [2.24, 2.45) is 0 Å². The molecule has 0 saturated heterocycles. The molecule has 0 bridgehead atoms. The molecule has 0 atom stereocenters. The van der Waals surface area contributed by atoms with Crippen molar-refractivity contribution in [1.82, 2.24) is 0 Å². The van der Waals surface area contributed by atoms with Crippen LogP contribution in [-0.4, -0.2) is 6.26 Å². The fourth-order valence-corrected chi connectivity index (χ4v) is 2.43. The van der Waals surface area contributed by atoms with E-state index in [1.54, 1.807) is 6.07 Å². The first kappa shape index (κ1) is 11.9. The van der Waals surface area contributed by atoms with Crippen LogP contribution >= 0.6 is 27.7 Å². The maximum Gasteiger partial charge on any atom is 0.417 e. The topological polar surface area (TPSA) is 0 Å². The van der Waals surface area contributed by atoms with Crippen molar-refractivity contribution in [3.8, 4) is 0 Å². The Morgan fingerprint density at radius 2 is 2.00 bits per heavy atom. The first-order valence-corrected chi connectivity index (χ1v) is 5.99. The second-order valence-corrected chi connectivity index (χ2v) is 4.37. The summed E-state index contributed by atoms with van der Waals surface area (Å²) in [6.45, 7) is 0. The molecule has 0 aromatic heterocycles. The summed E-state index contributed by atoms with van der Waals surface area (Å²) in [6, 6.07) is 4.20. The second-order valence-electron chi connectivity index (χ2n) is 2.71. The lowest BCUT2D eigenvalue weighted by Gasteiger charge is -2.11. The van der Waals surface area contributed by atoms with E-state index in [0.29, 0.717) is 11.3 Å². The molecular weight excluding hydrogens is 277 g/mol. The third-order valence-corrected chi connectivity index (χ3v) is 3.22. The molecule has 5 heteroatoms. The fourth-order valence-electron chi connectivity index (χ4n) is 1.07. The lowest BCUT2D eigenvalue weighted by atomic mass is 10.1. The second kappa shape index (κ2) is 4.57. The number of hydrogen-bond donors (Lipinski definition) is 0. The average molecular weight is 285 g/mol. The summed E-state index contributed by atoms with van der Waals surface area (Å²) in [7, 11) is 0. The van der Waals surface area contributed by atoms with Gasteiger partial charge in [-0.15, -0.1) is 0 Å². The molecule has 1 aromatic rings. The highest BCUT2D eigenvalue weighted by molar-refractivity contribution is 9.10. The monoisotopic (exact) mass is 284 g/mol. The normalized spacial score (nSPS) is 11.8. The summed E-state index contributed by atoms with van der Waals surface area (Å²) < 4.78 is 37.5. The zero-order valence-electron chi connectivity index (χ0n) is 7.36. The van der Waals surface area contributed by atoms with E-state index in [4.69, 9.17) is 0 Å². The standard InChI is InChI=1S/C9H8BrF3S/c1-14-5-6-3-2-4-7(8(6)10)9(11,12)13/h2-4H,5H2,1H3. The summed E-state index contributed by atoms with van der Waals surface area (Å²) in [5, 5.41) is 0. The van der Waals surface area contributed by atoms with Crippen molar-refractivity contribution in [2.45, 2.75) is 11.9 Å². The summed E-state index contributed by atoms with van der Waals surface area (Å²) in [5.74, 6) is 0.574. The van der Waals surface area contributed by atoms with Gasteiger partial charge in [0.2, 0.25) is 0 Å². The fraction of sp³-hybridized carbons (Fsp3) is 0.333. The summed E-state index contributed by atoms with van der Waals surface area (Å²) in [6.07, 6.45) is -2.43. The molecular formula is C9H8BrF3S. The minimum atomic E-state index is -4.28. The molecule has 0 aliphatic carbocycles. The molecule has 0 nitrogen and oxygen atoms in total. The molecule has 0 spiro atoms. The molecule has 1 rings (SSSR count). The molecule has 1 aromatic carbocycles. The molecule has 14 heavy (non-hydrogen) atoms. The Bertz CT molecular complexity index is 322. The van der Waals surface area contributed by atoms with Crippen LogP contribution in [0.15, 0.2) is 22.7 Å². The summed E-state index contributed by atoms with van der Waals surface area (Å²) in [4.78, 5) is 0. The van der Waals surface area contributed by atoms with Gasteiger partial charge in [0.05, 0.1) is 5.56 Å². The van der Waals surface area contributed by atoms with Gasteiger partial charge in [-0.2, -0.15) is 24.9 Å². The van der Waals surface area contributed by atoms with Gasteiger partial charge in [-0.3, -0.25) is 0 Å². The van der Waals surface area contributed by atoms with Gasteiger partial charge in [0.25, 0.3) is 0 Å². The van der Waals surface area contributed by atoms with E-state index in [9.17, 15) is 13.2 Å². The predicted molar refractivity (Wildman–Crippen MR) is 56.4 cm³/mol. The highest BCUT2D eigenvalue weighted by Crippen LogP contribution is 2.37. The predicted octanol–water partition coefficient (Wildman–Crippen LogP) is 4.33. The van der Waals surface area contributed by atoms with Gasteiger partial charge in [-0.25, -0.2) is 0 Å². The van der Waals surface area contributed by atoms with Gasteiger partial charge in [0, 0.05) is 10.2 Å². The molecule has 0 aliphatic rings. The third-order valence-electron chi connectivity index (χ3n) is 1.68. The van der Waals surface area contributed by atoms with Gasteiger partial charge in [-0.1, -0.05) is 12.1 Å². The van der Waals surface area contributed by atoms with Crippen molar-refractivity contribution in [2.75, 3.05) is 6.26 Å². The number of halogens is 4. The molecule has 0 fully saturated rings. The third kappa shape index (κ3) is 2.67. The van der Waals surface area contributed by atoms with Gasteiger partial charge < -0.3 is 0 Å². The average Bonchev–Trinajstić information content (AvgIpc) is 2.07. The maximum atomic E-state index is 12.4. The van der Waals surface area contributed by atoms with E-state index in [2.05, 4.69) is 15.9 Å². The largest absolute Gasteiger partial charge is 0.417 e. The van der Waals surface area contributed by atoms with E-state index >= 15 is 0 Å². The molecule has 0 saturated carbocycles. The minimum Gasteiger partial charge on any atom is -0.166 e. The van der Waals surface area contributed by atoms with Crippen LogP contribution in [0.1, 0.15) is 11.1 Å². The maximum absolute atomic E-state index is 12.4. The Kier molecular flexibility index (Phi) is 3.89. The van der Waals surface area contributed by atoms with E-state index in [0.717, 1.165) is 6.07 Å². The van der Waals surface area contributed by atoms with Crippen LogP contribution in [-0.2, 0) is 11.9 Å². The van der Waals surface area contributed by atoms with E-state index in [1.165, 1.54) is 17.8 Å².